The van der Waals surface area contributed by atoms with E-state index in [-0.39, 0.29) is 18.0 Å². The molecule has 8 nitrogen and oxygen atoms in total. The summed E-state index contributed by atoms with van der Waals surface area (Å²) in [5, 5.41) is 12.4. The minimum Gasteiger partial charge on any atom is -0.497 e. The summed E-state index contributed by atoms with van der Waals surface area (Å²) in [5.41, 5.74) is 0.663. The zero-order valence-corrected chi connectivity index (χ0v) is 16.9. The van der Waals surface area contributed by atoms with E-state index in [1.165, 1.54) is 18.2 Å². The van der Waals surface area contributed by atoms with E-state index < -0.39 is 0 Å². The Hall–Kier alpha value is -2.29. The van der Waals surface area contributed by atoms with Gasteiger partial charge in [0.05, 0.1) is 20.0 Å². The predicted octanol–water partition coefficient (Wildman–Crippen LogP) is 2.56. The molecule has 1 aromatic heterocycles. The van der Waals surface area contributed by atoms with E-state index in [4.69, 9.17) is 9.47 Å². The number of hydrogen-bond donors (Lipinski definition) is 0. The van der Waals surface area contributed by atoms with Crippen molar-refractivity contribution in [3.63, 3.8) is 0 Å². The van der Waals surface area contributed by atoms with Gasteiger partial charge in [0.1, 0.15) is 17.2 Å². The third kappa shape index (κ3) is 4.18. The highest BCUT2D eigenvalue weighted by molar-refractivity contribution is 7.99. The normalized spacial score (nSPS) is 19.8. The van der Waals surface area contributed by atoms with Crippen molar-refractivity contribution < 1.29 is 14.3 Å². The SMILES string of the molecule is COc1ccc(OC)c(-n2nnnc2SCC(=O)N2[C@H](C)CCC[C@H]2C)c1. The Kier molecular flexibility index (Phi) is 6.20. The number of carbonyl (C=O) groups is 1. The number of nitrogens with zero attached hydrogens (tertiary/aromatic N) is 5. The van der Waals surface area contributed by atoms with Crippen molar-refractivity contribution in [1.82, 2.24) is 25.1 Å². The lowest BCUT2D eigenvalue weighted by atomic mass is 9.98. The predicted molar refractivity (Wildman–Crippen MR) is 103 cm³/mol. The number of tetrazole rings is 1. The molecule has 1 fully saturated rings. The van der Waals surface area contributed by atoms with Crippen molar-refractivity contribution in [3.05, 3.63) is 18.2 Å². The highest BCUT2D eigenvalue weighted by atomic mass is 32.2. The van der Waals surface area contributed by atoms with Crippen LogP contribution in [0.2, 0.25) is 0 Å². The number of benzene rings is 1. The molecule has 1 aliphatic heterocycles. The third-order valence-corrected chi connectivity index (χ3v) is 5.77. The molecule has 1 amide bonds. The largest absolute Gasteiger partial charge is 0.497 e. The maximum absolute atomic E-state index is 12.8. The van der Waals surface area contributed by atoms with Gasteiger partial charge in [-0.3, -0.25) is 4.79 Å². The van der Waals surface area contributed by atoms with Gasteiger partial charge >= 0.3 is 0 Å². The van der Waals surface area contributed by atoms with E-state index in [2.05, 4.69) is 29.4 Å². The summed E-state index contributed by atoms with van der Waals surface area (Å²) in [6.45, 7) is 4.23. The lowest BCUT2D eigenvalue weighted by molar-refractivity contribution is -0.134. The zero-order chi connectivity index (χ0) is 19.4. The summed E-state index contributed by atoms with van der Waals surface area (Å²) in [6.07, 6.45) is 3.28. The van der Waals surface area contributed by atoms with Gasteiger partial charge in [-0.15, -0.1) is 5.10 Å². The number of methoxy groups -OCH3 is 2. The van der Waals surface area contributed by atoms with E-state index in [0.29, 0.717) is 28.1 Å². The van der Waals surface area contributed by atoms with Gasteiger partial charge in [0.15, 0.2) is 0 Å². The molecule has 0 N–H and O–H groups in total. The number of ether oxygens (including phenoxy) is 2. The lowest BCUT2D eigenvalue weighted by Gasteiger charge is -2.39. The van der Waals surface area contributed by atoms with E-state index in [0.717, 1.165) is 12.8 Å². The Morgan fingerprint density at radius 3 is 2.63 bits per heavy atom. The van der Waals surface area contributed by atoms with Crippen molar-refractivity contribution >= 4 is 17.7 Å². The van der Waals surface area contributed by atoms with Gasteiger partial charge in [-0.05, 0) is 55.7 Å². The molecule has 146 valence electrons. The molecule has 1 saturated heterocycles. The molecule has 9 heteroatoms. The molecule has 0 bridgehead atoms. The molecule has 2 aromatic rings. The second-order valence-corrected chi connectivity index (χ2v) is 7.57. The Labute approximate surface area is 163 Å². The van der Waals surface area contributed by atoms with Crippen LogP contribution in [0, 0.1) is 0 Å². The molecule has 0 radical (unpaired) electrons. The van der Waals surface area contributed by atoms with E-state index in [1.807, 2.05) is 11.0 Å². The van der Waals surface area contributed by atoms with Crippen molar-refractivity contribution in [2.24, 2.45) is 0 Å². The highest BCUT2D eigenvalue weighted by Gasteiger charge is 2.29. The highest BCUT2D eigenvalue weighted by Crippen LogP contribution is 2.30. The van der Waals surface area contributed by atoms with Crippen molar-refractivity contribution in [2.45, 2.75) is 50.4 Å². The summed E-state index contributed by atoms with van der Waals surface area (Å²) in [5.74, 6) is 1.70. The fraction of sp³-hybridized carbons (Fsp3) is 0.556. The number of rotatable bonds is 6. The van der Waals surface area contributed by atoms with Crippen LogP contribution in [0.4, 0.5) is 0 Å². The number of amides is 1. The summed E-state index contributed by atoms with van der Waals surface area (Å²) >= 11 is 1.33. The van der Waals surface area contributed by atoms with Crippen molar-refractivity contribution in [1.29, 1.82) is 0 Å². The van der Waals surface area contributed by atoms with E-state index in [9.17, 15) is 4.79 Å². The van der Waals surface area contributed by atoms with Crippen LogP contribution in [-0.2, 0) is 4.79 Å². The van der Waals surface area contributed by atoms with Crippen molar-refractivity contribution in [2.75, 3.05) is 20.0 Å². The molecule has 0 saturated carbocycles. The first-order valence-electron chi connectivity index (χ1n) is 9.00. The van der Waals surface area contributed by atoms with Gasteiger partial charge in [0, 0.05) is 18.2 Å². The zero-order valence-electron chi connectivity index (χ0n) is 16.1. The molecule has 0 aliphatic carbocycles. The van der Waals surface area contributed by atoms with Crippen LogP contribution in [0.3, 0.4) is 0 Å². The van der Waals surface area contributed by atoms with Crippen LogP contribution in [0.25, 0.3) is 5.69 Å². The fourth-order valence-corrected chi connectivity index (χ4v) is 4.25. The average molecular weight is 391 g/mol. The van der Waals surface area contributed by atoms with E-state index in [1.54, 1.807) is 31.0 Å². The first kappa shape index (κ1) is 19.5. The molecule has 2 atom stereocenters. The van der Waals surface area contributed by atoms with Crippen molar-refractivity contribution in [3.8, 4) is 17.2 Å². The lowest BCUT2D eigenvalue weighted by Crippen LogP contribution is -2.48. The Morgan fingerprint density at radius 1 is 1.22 bits per heavy atom. The molecule has 2 heterocycles. The van der Waals surface area contributed by atoms with Gasteiger partial charge in [-0.2, -0.15) is 4.68 Å². The minimum atomic E-state index is 0.117. The maximum atomic E-state index is 12.8. The molecule has 1 aromatic carbocycles. The minimum absolute atomic E-state index is 0.117. The molecule has 0 unspecified atom stereocenters. The Bertz CT molecular complexity index is 787. The second-order valence-electron chi connectivity index (χ2n) is 6.63. The second kappa shape index (κ2) is 8.60. The van der Waals surface area contributed by atoms with Crippen LogP contribution < -0.4 is 9.47 Å². The standard InChI is InChI=1S/C18H25N5O3S/c1-12-6-5-7-13(2)22(12)17(24)11-27-18-19-20-21-23(18)15-10-14(25-3)8-9-16(15)26-4/h8-10,12-13H,5-7,11H2,1-4H3/t12-,13-/m1/s1. The first-order chi connectivity index (χ1) is 13.0. The first-order valence-corrected chi connectivity index (χ1v) is 9.98. The quantitative estimate of drug-likeness (QED) is 0.700. The van der Waals surface area contributed by atoms with Crippen LogP contribution in [0.5, 0.6) is 11.5 Å². The number of likely N-dealkylation sites (tertiary alicyclic amines) is 1. The summed E-state index contributed by atoms with van der Waals surface area (Å²) < 4.78 is 12.3. The van der Waals surface area contributed by atoms with Crippen LogP contribution in [-0.4, -0.2) is 63.1 Å². The Balaban J connectivity index is 1.77. The summed E-state index contributed by atoms with van der Waals surface area (Å²) in [6, 6.07) is 5.96. The fourth-order valence-electron chi connectivity index (χ4n) is 3.50. The molecule has 27 heavy (non-hydrogen) atoms. The number of carbonyl (C=O) groups excluding carboxylic acids is 1. The van der Waals surface area contributed by atoms with Crippen LogP contribution >= 0.6 is 11.8 Å². The summed E-state index contributed by atoms with van der Waals surface area (Å²) in [4.78, 5) is 14.8. The van der Waals surface area contributed by atoms with Gasteiger partial charge < -0.3 is 14.4 Å². The third-order valence-electron chi connectivity index (χ3n) is 4.86. The Morgan fingerprint density at radius 2 is 1.96 bits per heavy atom. The number of piperidine rings is 1. The number of thioether (sulfide) groups is 1. The van der Waals surface area contributed by atoms with Gasteiger partial charge in [0.25, 0.3) is 0 Å². The topological polar surface area (TPSA) is 82.4 Å². The average Bonchev–Trinajstić information content (AvgIpc) is 3.14. The van der Waals surface area contributed by atoms with Gasteiger partial charge in [0.2, 0.25) is 11.1 Å². The summed E-state index contributed by atoms with van der Waals surface area (Å²) in [7, 11) is 3.19. The molecule has 1 aliphatic rings. The van der Waals surface area contributed by atoms with Crippen LogP contribution in [0.1, 0.15) is 33.1 Å². The monoisotopic (exact) mass is 391 g/mol. The van der Waals surface area contributed by atoms with Gasteiger partial charge in [-0.25, -0.2) is 0 Å². The molecule has 0 spiro atoms. The van der Waals surface area contributed by atoms with Gasteiger partial charge in [-0.1, -0.05) is 11.8 Å². The maximum Gasteiger partial charge on any atom is 0.233 e. The molecular formula is C18H25N5O3S. The number of hydrogen-bond acceptors (Lipinski definition) is 7. The molecule has 3 rings (SSSR count). The number of aromatic nitrogens is 4. The van der Waals surface area contributed by atoms with E-state index >= 15 is 0 Å². The smallest absolute Gasteiger partial charge is 0.233 e. The van der Waals surface area contributed by atoms with Crippen LogP contribution in [0.15, 0.2) is 23.4 Å². The molecular weight excluding hydrogens is 366 g/mol.